The molecule has 0 unspecified atom stereocenters. The zero-order chi connectivity index (χ0) is 23.4. The van der Waals surface area contributed by atoms with E-state index in [1.165, 1.54) is 43.5 Å². The van der Waals surface area contributed by atoms with Crippen LogP contribution in [0.15, 0.2) is 41.3 Å². The van der Waals surface area contributed by atoms with Crippen molar-refractivity contribution >= 4 is 63.8 Å². The number of nitro benzene ring substituents is 1. The van der Waals surface area contributed by atoms with Crippen LogP contribution in [0.4, 0.5) is 10.5 Å². The van der Waals surface area contributed by atoms with E-state index in [1.807, 2.05) is 0 Å². The standard InChI is InChI=1S/C20H14Cl2N2O7S/c1-30-17(25)10-31-18-14(21)6-12(7-15(18)22)8-16-19(26)23(20(27)32-16)9-11-3-2-4-13(5-11)24(28)29/h2-8H,9-10H2,1H3/b16-8-. The van der Waals surface area contributed by atoms with E-state index in [4.69, 9.17) is 27.9 Å². The highest BCUT2D eigenvalue weighted by Gasteiger charge is 2.35. The van der Waals surface area contributed by atoms with Crippen molar-refractivity contribution in [3.05, 3.63) is 72.6 Å². The maximum atomic E-state index is 12.7. The minimum atomic E-state index is -0.612. The molecule has 166 valence electrons. The molecule has 1 fully saturated rings. The number of non-ortho nitro benzene ring substituents is 1. The normalized spacial score (nSPS) is 14.7. The highest BCUT2D eigenvalue weighted by molar-refractivity contribution is 8.18. The molecule has 1 saturated heterocycles. The molecule has 0 aromatic heterocycles. The second-order valence-electron chi connectivity index (χ2n) is 6.37. The molecule has 0 atom stereocenters. The van der Waals surface area contributed by atoms with Crippen LogP contribution >= 0.6 is 35.0 Å². The van der Waals surface area contributed by atoms with Gasteiger partial charge in [-0.2, -0.15) is 0 Å². The van der Waals surface area contributed by atoms with E-state index in [9.17, 15) is 24.5 Å². The van der Waals surface area contributed by atoms with Gasteiger partial charge in [0.05, 0.1) is 33.5 Å². The summed E-state index contributed by atoms with van der Waals surface area (Å²) in [7, 11) is 1.21. The Balaban J connectivity index is 1.79. The maximum absolute atomic E-state index is 12.7. The Morgan fingerprint density at radius 2 is 1.91 bits per heavy atom. The molecule has 2 aromatic carbocycles. The van der Waals surface area contributed by atoms with Crippen LogP contribution < -0.4 is 4.74 Å². The Labute approximate surface area is 196 Å². The van der Waals surface area contributed by atoms with E-state index < -0.39 is 22.0 Å². The zero-order valence-electron chi connectivity index (χ0n) is 16.4. The first-order valence-electron chi connectivity index (χ1n) is 8.87. The molecular weight excluding hydrogens is 483 g/mol. The highest BCUT2D eigenvalue weighted by Crippen LogP contribution is 2.38. The van der Waals surface area contributed by atoms with Gasteiger partial charge < -0.3 is 9.47 Å². The number of hydrogen-bond donors (Lipinski definition) is 0. The summed E-state index contributed by atoms with van der Waals surface area (Å²) in [5.74, 6) is -1.09. The molecule has 1 heterocycles. The van der Waals surface area contributed by atoms with Crippen molar-refractivity contribution in [3.63, 3.8) is 0 Å². The lowest BCUT2D eigenvalue weighted by molar-refractivity contribution is -0.384. The number of methoxy groups -OCH3 is 1. The number of rotatable bonds is 7. The third kappa shape index (κ3) is 5.39. The molecule has 2 amide bonds. The topological polar surface area (TPSA) is 116 Å². The molecule has 32 heavy (non-hydrogen) atoms. The first-order valence-corrected chi connectivity index (χ1v) is 10.4. The monoisotopic (exact) mass is 496 g/mol. The van der Waals surface area contributed by atoms with Crippen LogP contribution in [-0.4, -0.2) is 40.7 Å². The van der Waals surface area contributed by atoms with Crippen molar-refractivity contribution < 1.29 is 28.8 Å². The first-order chi connectivity index (χ1) is 15.2. The molecule has 1 aliphatic rings. The van der Waals surface area contributed by atoms with Crippen molar-refractivity contribution in [3.8, 4) is 5.75 Å². The fraction of sp³-hybridized carbons (Fsp3) is 0.150. The van der Waals surface area contributed by atoms with E-state index in [0.29, 0.717) is 11.1 Å². The summed E-state index contributed by atoms with van der Waals surface area (Å²) in [6, 6.07) is 8.63. The van der Waals surface area contributed by atoms with Crippen molar-refractivity contribution in [2.24, 2.45) is 0 Å². The lowest BCUT2D eigenvalue weighted by Crippen LogP contribution is -2.27. The number of esters is 1. The summed E-state index contributed by atoms with van der Waals surface area (Å²) >= 11 is 13.1. The molecular formula is C20H14Cl2N2O7S. The quantitative estimate of drug-likeness (QED) is 0.234. The Morgan fingerprint density at radius 3 is 2.53 bits per heavy atom. The first kappa shape index (κ1) is 23.6. The van der Waals surface area contributed by atoms with Gasteiger partial charge in [-0.05, 0) is 41.1 Å². The van der Waals surface area contributed by atoms with Crippen LogP contribution in [0.1, 0.15) is 11.1 Å². The molecule has 9 nitrogen and oxygen atoms in total. The number of carbonyl (C=O) groups excluding carboxylic acids is 3. The van der Waals surface area contributed by atoms with Crippen molar-refractivity contribution in [2.75, 3.05) is 13.7 Å². The summed E-state index contributed by atoms with van der Waals surface area (Å²) in [6.45, 7) is -0.489. The van der Waals surface area contributed by atoms with Crippen molar-refractivity contribution in [1.82, 2.24) is 4.90 Å². The zero-order valence-corrected chi connectivity index (χ0v) is 18.7. The SMILES string of the molecule is COC(=O)COc1c(Cl)cc(/C=C2\SC(=O)N(Cc3cccc([N+](=O)[O-])c3)C2=O)cc1Cl. The Morgan fingerprint density at radius 1 is 1.22 bits per heavy atom. The molecule has 1 aliphatic heterocycles. The number of amides is 2. The lowest BCUT2D eigenvalue weighted by atomic mass is 10.1. The Kier molecular flexibility index (Phi) is 7.39. The Bertz CT molecular complexity index is 1130. The van der Waals surface area contributed by atoms with Gasteiger partial charge in [-0.3, -0.25) is 24.6 Å². The van der Waals surface area contributed by atoms with Gasteiger partial charge in [-0.1, -0.05) is 35.3 Å². The number of carbonyl (C=O) groups is 3. The second-order valence-corrected chi connectivity index (χ2v) is 8.18. The summed E-state index contributed by atoms with van der Waals surface area (Å²) in [4.78, 5) is 47.8. The fourth-order valence-electron chi connectivity index (χ4n) is 2.73. The summed E-state index contributed by atoms with van der Waals surface area (Å²) in [6.07, 6.45) is 1.44. The molecule has 0 saturated carbocycles. The minimum absolute atomic E-state index is 0.0784. The van der Waals surface area contributed by atoms with Gasteiger partial charge in [0.15, 0.2) is 12.4 Å². The van der Waals surface area contributed by atoms with Gasteiger partial charge >= 0.3 is 5.97 Å². The fourth-order valence-corrected chi connectivity index (χ4v) is 4.18. The second kappa shape index (κ2) is 10.0. The molecule has 0 aliphatic carbocycles. The minimum Gasteiger partial charge on any atom is -0.479 e. The number of halogens is 2. The van der Waals surface area contributed by atoms with Gasteiger partial charge in [0.2, 0.25) is 0 Å². The maximum Gasteiger partial charge on any atom is 0.343 e. The largest absolute Gasteiger partial charge is 0.479 e. The molecule has 12 heteroatoms. The number of thioether (sulfide) groups is 1. The van der Waals surface area contributed by atoms with Gasteiger partial charge in [-0.15, -0.1) is 0 Å². The van der Waals surface area contributed by atoms with Crippen molar-refractivity contribution in [1.29, 1.82) is 0 Å². The molecule has 2 aromatic rings. The highest BCUT2D eigenvalue weighted by atomic mass is 35.5. The number of hydrogen-bond acceptors (Lipinski definition) is 8. The smallest absolute Gasteiger partial charge is 0.343 e. The number of nitrogens with zero attached hydrogens (tertiary/aromatic N) is 2. The van der Waals surface area contributed by atoms with Gasteiger partial charge in [0.1, 0.15) is 0 Å². The van der Waals surface area contributed by atoms with Gasteiger partial charge in [0, 0.05) is 12.1 Å². The third-order valence-corrected chi connectivity index (χ3v) is 5.68. The van der Waals surface area contributed by atoms with Gasteiger partial charge in [0.25, 0.3) is 16.8 Å². The van der Waals surface area contributed by atoms with Crippen LogP contribution in [0.3, 0.4) is 0 Å². The number of ether oxygens (including phenoxy) is 2. The number of imide groups is 1. The van der Waals surface area contributed by atoms with Crippen LogP contribution in [0.5, 0.6) is 5.75 Å². The summed E-state index contributed by atoms with van der Waals surface area (Å²) in [5, 5.41) is 10.6. The predicted octanol–water partition coefficient (Wildman–Crippen LogP) is 4.69. The molecule has 0 N–H and O–H groups in total. The van der Waals surface area contributed by atoms with E-state index >= 15 is 0 Å². The summed E-state index contributed by atoms with van der Waals surface area (Å²) in [5.41, 5.74) is 0.746. The number of benzene rings is 2. The van der Waals surface area contributed by atoms with Crippen LogP contribution in [0.2, 0.25) is 10.0 Å². The molecule has 0 bridgehead atoms. The molecule has 0 radical (unpaired) electrons. The van der Waals surface area contributed by atoms with Crippen LogP contribution in [-0.2, 0) is 20.9 Å². The average Bonchev–Trinajstić information content (AvgIpc) is 3.00. The summed E-state index contributed by atoms with van der Waals surface area (Å²) < 4.78 is 9.74. The van der Waals surface area contributed by atoms with E-state index in [2.05, 4.69) is 4.74 Å². The van der Waals surface area contributed by atoms with E-state index in [0.717, 1.165) is 16.7 Å². The predicted molar refractivity (Wildman–Crippen MR) is 119 cm³/mol. The third-order valence-electron chi connectivity index (χ3n) is 4.22. The van der Waals surface area contributed by atoms with Crippen LogP contribution in [0, 0.1) is 10.1 Å². The van der Waals surface area contributed by atoms with Crippen LogP contribution in [0.25, 0.3) is 6.08 Å². The van der Waals surface area contributed by atoms with Gasteiger partial charge in [-0.25, -0.2) is 4.79 Å². The van der Waals surface area contributed by atoms with E-state index in [1.54, 1.807) is 6.07 Å². The lowest BCUT2D eigenvalue weighted by Gasteiger charge is -2.12. The van der Waals surface area contributed by atoms with E-state index in [-0.39, 0.29) is 39.5 Å². The molecule has 0 spiro atoms. The van der Waals surface area contributed by atoms with Crippen molar-refractivity contribution in [2.45, 2.75) is 6.54 Å². The number of nitro groups is 1. The molecule has 3 rings (SSSR count). The average molecular weight is 497 g/mol. The Hall–Kier alpha value is -3.08.